The van der Waals surface area contributed by atoms with Crippen LogP contribution in [0, 0.1) is 11.7 Å². The van der Waals surface area contributed by atoms with E-state index in [0.717, 1.165) is 17.4 Å². The van der Waals surface area contributed by atoms with Gasteiger partial charge in [-0.3, -0.25) is 14.2 Å². The number of imidazole rings is 1. The molecule has 3 atom stereocenters. The van der Waals surface area contributed by atoms with Crippen LogP contribution < -0.4 is 21.5 Å². The van der Waals surface area contributed by atoms with Gasteiger partial charge in [0.1, 0.15) is 5.69 Å². The minimum Gasteiger partial charge on any atom is -0.385 e. The molecule has 1 aliphatic heterocycles. The molecule has 12 heteroatoms. The number of hydrogen-bond acceptors (Lipinski definition) is 8. The van der Waals surface area contributed by atoms with Gasteiger partial charge >= 0.3 is 0 Å². The second-order valence-corrected chi connectivity index (χ2v) is 8.68. The lowest BCUT2D eigenvalue weighted by molar-refractivity contribution is -0.000686. The Morgan fingerprint density at radius 1 is 1.28 bits per heavy atom. The SMILES string of the molecule is [2H]C([2H])([2H])Nc1cc(Nc2cccn(-c3ncccc3F)c2=O)nn2c(C(=O)N[C@@H]3C[C@H]4CCO[C@H]43)cnc12. The average molecular weight is 494 g/mol. The van der Waals surface area contributed by atoms with Gasteiger partial charge in [0.2, 0.25) is 0 Å². The summed E-state index contributed by atoms with van der Waals surface area (Å²) in [6.07, 6.45) is 5.81. The Labute approximate surface area is 208 Å². The van der Waals surface area contributed by atoms with E-state index >= 15 is 0 Å². The smallest absolute Gasteiger partial charge is 0.280 e. The summed E-state index contributed by atoms with van der Waals surface area (Å²) in [5.74, 6) is -0.831. The lowest BCUT2D eigenvalue weighted by Gasteiger charge is -2.39. The topological polar surface area (TPSA) is 127 Å². The van der Waals surface area contributed by atoms with E-state index in [1.54, 1.807) is 0 Å². The Bertz CT molecular complexity index is 1640. The van der Waals surface area contributed by atoms with Gasteiger partial charge in [0.15, 0.2) is 28.8 Å². The molecule has 0 bridgehead atoms. The zero-order valence-corrected chi connectivity index (χ0v) is 18.8. The molecule has 0 aromatic carbocycles. The molecule has 1 aliphatic carbocycles. The number of nitrogens with zero attached hydrogens (tertiary/aromatic N) is 5. The van der Waals surface area contributed by atoms with Crippen molar-refractivity contribution in [1.82, 2.24) is 29.5 Å². The van der Waals surface area contributed by atoms with Gasteiger partial charge in [0.05, 0.1) is 24.0 Å². The average Bonchev–Trinajstić information content (AvgIpc) is 3.47. The highest BCUT2D eigenvalue weighted by Crippen LogP contribution is 2.38. The molecule has 4 aromatic rings. The summed E-state index contributed by atoms with van der Waals surface area (Å²) in [5, 5.41) is 12.6. The zero-order valence-electron chi connectivity index (χ0n) is 21.8. The van der Waals surface area contributed by atoms with Gasteiger partial charge in [0.25, 0.3) is 11.5 Å². The number of aromatic nitrogens is 5. The van der Waals surface area contributed by atoms with E-state index in [1.165, 1.54) is 53.4 Å². The van der Waals surface area contributed by atoms with Crippen molar-refractivity contribution >= 4 is 28.7 Å². The van der Waals surface area contributed by atoms with Gasteiger partial charge in [-0.05, 0) is 43.0 Å². The number of carbonyl (C=O) groups is 1. The first-order chi connectivity index (χ1) is 18.7. The summed E-state index contributed by atoms with van der Waals surface area (Å²) in [6.45, 7) is -1.91. The highest BCUT2D eigenvalue weighted by Gasteiger charge is 2.46. The largest absolute Gasteiger partial charge is 0.385 e. The number of fused-ring (bicyclic) bond motifs is 2. The minimum atomic E-state index is -2.58. The van der Waals surface area contributed by atoms with Crippen LogP contribution in [-0.2, 0) is 4.74 Å². The van der Waals surface area contributed by atoms with Crippen molar-refractivity contribution in [3.8, 4) is 5.82 Å². The number of ether oxygens (including phenoxy) is 1. The first-order valence-electron chi connectivity index (χ1n) is 12.9. The fourth-order valence-electron chi connectivity index (χ4n) is 4.73. The van der Waals surface area contributed by atoms with E-state index in [0.29, 0.717) is 12.5 Å². The van der Waals surface area contributed by atoms with Gasteiger partial charge in [-0.2, -0.15) is 0 Å². The number of carbonyl (C=O) groups excluding carboxylic acids is 1. The third-order valence-corrected chi connectivity index (χ3v) is 6.55. The van der Waals surface area contributed by atoms with E-state index in [2.05, 4.69) is 31.0 Å². The molecule has 0 spiro atoms. The summed E-state index contributed by atoms with van der Waals surface area (Å²) in [7, 11) is 0. The number of nitrogens with one attached hydrogen (secondary N) is 3. The summed E-state index contributed by atoms with van der Waals surface area (Å²) < 4.78 is 45.2. The van der Waals surface area contributed by atoms with Crippen LogP contribution in [0.25, 0.3) is 11.5 Å². The molecule has 1 saturated heterocycles. The van der Waals surface area contributed by atoms with Gasteiger partial charge in [-0.15, -0.1) is 5.10 Å². The fourth-order valence-corrected chi connectivity index (χ4v) is 4.73. The fraction of sp³-hybridized carbons (Fsp3) is 0.292. The lowest BCUT2D eigenvalue weighted by Crippen LogP contribution is -2.54. The predicted octanol–water partition coefficient (Wildman–Crippen LogP) is 2.11. The van der Waals surface area contributed by atoms with Crippen LogP contribution in [0.3, 0.4) is 0 Å². The van der Waals surface area contributed by atoms with Crippen LogP contribution in [0.1, 0.15) is 27.4 Å². The molecule has 6 rings (SSSR count). The van der Waals surface area contributed by atoms with Crippen molar-refractivity contribution in [3.05, 3.63) is 70.8 Å². The second kappa shape index (κ2) is 8.72. The normalized spacial score (nSPS) is 22.1. The first kappa shape index (κ1) is 18.9. The quantitative estimate of drug-likeness (QED) is 0.373. The number of anilines is 3. The van der Waals surface area contributed by atoms with Gasteiger partial charge in [-0.25, -0.2) is 18.9 Å². The number of pyridine rings is 2. The van der Waals surface area contributed by atoms with Gasteiger partial charge < -0.3 is 20.7 Å². The Kier molecular flexibility index (Phi) is 4.59. The highest BCUT2D eigenvalue weighted by molar-refractivity contribution is 5.94. The maximum atomic E-state index is 14.3. The predicted molar refractivity (Wildman–Crippen MR) is 129 cm³/mol. The Hall–Kier alpha value is -4.32. The number of amides is 1. The molecule has 2 fully saturated rings. The Balaban J connectivity index is 1.36. The summed E-state index contributed by atoms with van der Waals surface area (Å²) in [6, 6.07) is 6.80. The molecule has 2 aliphatic rings. The van der Waals surface area contributed by atoms with Crippen molar-refractivity contribution in [2.24, 2.45) is 5.92 Å². The summed E-state index contributed by atoms with van der Waals surface area (Å²) >= 11 is 0. The number of hydrogen-bond donors (Lipinski definition) is 3. The van der Waals surface area contributed by atoms with Crippen LogP contribution in [-0.4, -0.2) is 55.8 Å². The van der Waals surface area contributed by atoms with Crippen LogP contribution in [0.15, 0.2) is 53.7 Å². The van der Waals surface area contributed by atoms with Crippen LogP contribution >= 0.6 is 0 Å². The van der Waals surface area contributed by atoms with Gasteiger partial charge in [-0.1, -0.05) is 0 Å². The molecule has 1 saturated carbocycles. The maximum Gasteiger partial charge on any atom is 0.280 e. The summed E-state index contributed by atoms with van der Waals surface area (Å²) in [5.41, 5.74) is -0.376. The molecule has 184 valence electrons. The van der Waals surface area contributed by atoms with Crippen molar-refractivity contribution in [3.63, 3.8) is 0 Å². The van der Waals surface area contributed by atoms with Crippen LogP contribution in [0.2, 0.25) is 0 Å². The van der Waals surface area contributed by atoms with Crippen molar-refractivity contribution in [1.29, 1.82) is 0 Å². The van der Waals surface area contributed by atoms with Crippen LogP contribution in [0.5, 0.6) is 0 Å². The van der Waals surface area contributed by atoms with E-state index in [9.17, 15) is 14.0 Å². The van der Waals surface area contributed by atoms with E-state index < -0.39 is 24.3 Å². The van der Waals surface area contributed by atoms with E-state index in [-0.39, 0.29) is 46.5 Å². The first-order valence-corrected chi connectivity index (χ1v) is 11.4. The van der Waals surface area contributed by atoms with E-state index in [4.69, 9.17) is 8.85 Å². The van der Waals surface area contributed by atoms with Crippen molar-refractivity contribution < 1.29 is 18.0 Å². The summed E-state index contributed by atoms with van der Waals surface area (Å²) in [4.78, 5) is 34.5. The highest BCUT2D eigenvalue weighted by atomic mass is 19.1. The monoisotopic (exact) mass is 493 g/mol. The molecule has 5 heterocycles. The molecular formula is C24H23FN8O3. The van der Waals surface area contributed by atoms with Crippen molar-refractivity contribution in [2.75, 3.05) is 24.2 Å². The third-order valence-electron chi connectivity index (χ3n) is 6.55. The molecule has 0 radical (unpaired) electrons. The lowest BCUT2D eigenvalue weighted by atomic mass is 9.77. The molecule has 11 nitrogen and oxygen atoms in total. The Morgan fingerprint density at radius 2 is 2.19 bits per heavy atom. The molecule has 3 N–H and O–H groups in total. The molecule has 1 amide bonds. The van der Waals surface area contributed by atoms with E-state index in [1.807, 2.05) is 0 Å². The molecular weight excluding hydrogens is 467 g/mol. The molecule has 36 heavy (non-hydrogen) atoms. The third kappa shape index (κ3) is 3.66. The maximum absolute atomic E-state index is 14.3. The molecule has 0 unspecified atom stereocenters. The van der Waals surface area contributed by atoms with Crippen LogP contribution in [0.4, 0.5) is 21.6 Å². The standard InChI is InChI=1S/C24H23FN8O3/c1-26-17-11-19(29-15-5-3-8-32(24(15)35)21-14(25)4-2-7-27-21)31-33-18(12-28-22(17)33)23(34)30-16-10-13-6-9-36-20(13)16/h2-5,7-8,11-13,16,20,26H,6,9-10H2,1H3,(H,29,31)(H,30,34)/t13-,16-,20-/m1/s1/i1D3. The number of halogens is 1. The second-order valence-electron chi connectivity index (χ2n) is 8.68. The minimum absolute atomic E-state index is 0.0132. The zero-order chi connectivity index (χ0) is 27.3. The molecule has 4 aromatic heterocycles. The van der Waals surface area contributed by atoms with Crippen molar-refractivity contribution in [2.45, 2.75) is 25.0 Å². The Morgan fingerprint density at radius 3 is 3.03 bits per heavy atom. The van der Waals surface area contributed by atoms with Gasteiger partial charge in [0, 0.05) is 36.2 Å². The number of rotatable bonds is 6.